The average molecular weight is 544 g/mol. The van der Waals surface area contributed by atoms with Crippen LogP contribution in [0.15, 0.2) is 78.9 Å². The number of hydrogen-bond donors (Lipinski definition) is 1. The normalized spacial score (nSPS) is 11.6. The van der Waals surface area contributed by atoms with Gasteiger partial charge in [-0.15, -0.1) is 11.8 Å². The predicted octanol–water partition coefficient (Wildman–Crippen LogP) is 6.78. The molecule has 0 aliphatic rings. The zero-order valence-corrected chi connectivity index (χ0v) is 22.8. The van der Waals surface area contributed by atoms with Crippen LogP contribution in [0.2, 0.25) is 10.0 Å². The molecule has 0 heterocycles. The monoisotopic (exact) mass is 542 g/mol. The van der Waals surface area contributed by atoms with Gasteiger partial charge in [0.1, 0.15) is 6.04 Å². The summed E-state index contributed by atoms with van der Waals surface area (Å²) in [7, 11) is 0. The SMILES string of the molecule is CCCCNC(=O)[C@@H](Cc1ccccc1)N(Cc1ccc(Cl)c(Cl)c1)C(=O)CSCc1ccccc1. The Bertz CT molecular complexity index is 1110. The van der Waals surface area contributed by atoms with Gasteiger partial charge in [0.2, 0.25) is 11.8 Å². The smallest absolute Gasteiger partial charge is 0.243 e. The number of nitrogens with one attached hydrogen (secondary N) is 1. The first-order chi connectivity index (χ1) is 17.5. The lowest BCUT2D eigenvalue weighted by atomic mass is 10.0. The number of benzene rings is 3. The predicted molar refractivity (Wildman–Crippen MR) is 151 cm³/mol. The van der Waals surface area contributed by atoms with Crippen LogP contribution in [0.5, 0.6) is 0 Å². The Kier molecular flexibility index (Phi) is 11.7. The molecule has 36 heavy (non-hydrogen) atoms. The maximum atomic E-state index is 13.6. The highest BCUT2D eigenvalue weighted by atomic mass is 35.5. The molecule has 0 aromatic heterocycles. The van der Waals surface area contributed by atoms with Crippen molar-refractivity contribution >= 4 is 46.8 Å². The van der Waals surface area contributed by atoms with Crippen LogP contribution in [0.1, 0.15) is 36.5 Å². The van der Waals surface area contributed by atoms with Crippen molar-refractivity contribution in [2.75, 3.05) is 12.3 Å². The molecule has 1 atom stereocenters. The fourth-order valence-corrected chi connectivity index (χ4v) is 5.00. The van der Waals surface area contributed by atoms with Gasteiger partial charge < -0.3 is 10.2 Å². The minimum Gasteiger partial charge on any atom is -0.354 e. The van der Waals surface area contributed by atoms with Gasteiger partial charge in [0.25, 0.3) is 0 Å². The van der Waals surface area contributed by atoms with E-state index in [-0.39, 0.29) is 24.1 Å². The van der Waals surface area contributed by atoms with Crippen LogP contribution in [-0.4, -0.2) is 35.1 Å². The molecule has 0 unspecified atom stereocenters. The molecule has 7 heteroatoms. The topological polar surface area (TPSA) is 49.4 Å². The van der Waals surface area contributed by atoms with Crippen LogP contribution in [0, 0.1) is 0 Å². The fourth-order valence-electron chi connectivity index (χ4n) is 3.81. The van der Waals surface area contributed by atoms with E-state index >= 15 is 0 Å². The highest BCUT2D eigenvalue weighted by Gasteiger charge is 2.30. The Morgan fingerprint density at radius 2 is 1.56 bits per heavy atom. The van der Waals surface area contributed by atoms with Crippen molar-refractivity contribution in [1.29, 1.82) is 0 Å². The minimum absolute atomic E-state index is 0.0893. The number of thioether (sulfide) groups is 1. The third-order valence-corrected chi connectivity index (χ3v) is 7.50. The van der Waals surface area contributed by atoms with E-state index in [1.54, 1.807) is 28.8 Å². The van der Waals surface area contributed by atoms with Gasteiger partial charge in [0.15, 0.2) is 0 Å². The number of halogens is 2. The van der Waals surface area contributed by atoms with Crippen molar-refractivity contribution in [3.8, 4) is 0 Å². The number of unbranched alkanes of at least 4 members (excludes halogenated alkanes) is 1. The molecule has 0 aliphatic carbocycles. The Balaban J connectivity index is 1.85. The van der Waals surface area contributed by atoms with Gasteiger partial charge in [-0.05, 0) is 35.2 Å². The molecule has 0 radical (unpaired) electrons. The summed E-state index contributed by atoms with van der Waals surface area (Å²) in [6, 6.07) is 24.5. The van der Waals surface area contributed by atoms with Gasteiger partial charge in [-0.1, -0.05) is 103 Å². The van der Waals surface area contributed by atoms with E-state index in [1.807, 2.05) is 66.7 Å². The van der Waals surface area contributed by atoms with Crippen molar-refractivity contribution in [2.24, 2.45) is 0 Å². The lowest BCUT2D eigenvalue weighted by Gasteiger charge is -2.31. The van der Waals surface area contributed by atoms with Crippen molar-refractivity contribution in [1.82, 2.24) is 10.2 Å². The summed E-state index contributed by atoms with van der Waals surface area (Å²) in [5, 5.41) is 3.92. The third-order valence-electron chi connectivity index (χ3n) is 5.77. The van der Waals surface area contributed by atoms with Crippen molar-refractivity contribution in [3.05, 3.63) is 106 Å². The molecule has 3 aromatic rings. The summed E-state index contributed by atoms with van der Waals surface area (Å²) in [6.07, 6.45) is 2.29. The molecule has 0 fully saturated rings. The largest absolute Gasteiger partial charge is 0.354 e. The summed E-state index contributed by atoms with van der Waals surface area (Å²) in [4.78, 5) is 28.7. The Labute approximate surface area is 228 Å². The van der Waals surface area contributed by atoms with E-state index in [0.29, 0.717) is 23.0 Å². The van der Waals surface area contributed by atoms with E-state index in [4.69, 9.17) is 23.2 Å². The number of hydrogen-bond acceptors (Lipinski definition) is 3. The lowest BCUT2D eigenvalue weighted by molar-refractivity contribution is -0.139. The van der Waals surface area contributed by atoms with Gasteiger partial charge >= 0.3 is 0 Å². The Morgan fingerprint density at radius 1 is 0.889 bits per heavy atom. The van der Waals surface area contributed by atoms with Crippen molar-refractivity contribution in [2.45, 2.75) is 44.5 Å². The molecular formula is C29H32Cl2N2O2S. The highest BCUT2D eigenvalue weighted by molar-refractivity contribution is 7.99. The van der Waals surface area contributed by atoms with E-state index in [2.05, 4.69) is 12.2 Å². The summed E-state index contributed by atoms with van der Waals surface area (Å²) < 4.78 is 0. The molecule has 0 aliphatic heterocycles. The first kappa shape index (κ1) is 28.1. The summed E-state index contributed by atoms with van der Waals surface area (Å²) >= 11 is 13.9. The van der Waals surface area contributed by atoms with Crippen LogP contribution in [0.3, 0.4) is 0 Å². The first-order valence-electron chi connectivity index (χ1n) is 12.1. The van der Waals surface area contributed by atoms with E-state index in [9.17, 15) is 9.59 Å². The maximum absolute atomic E-state index is 13.6. The second-order valence-electron chi connectivity index (χ2n) is 8.60. The third kappa shape index (κ3) is 8.88. The van der Waals surface area contributed by atoms with Gasteiger partial charge in [-0.3, -0.25) is 9.59 Å². The molecular weight excluding hydrogens is 511 g/mol. The van der Waals surface area contributed by atoms with Gasteiger partial charge in [0, 0.05) is 25.3 Å². The molecule has 3 rings (SSSR count). The fraction of sp³-hybridized carbons (Fsp3) is 0.310. The number of carbonyl (C=O) groups excluding carboxylic acids is 2. The van der Waals surface area contributed by atoms with Gasteiger partial charge in [-0.2, -0.15) is 0 Å². The zero-order valence-electron chi connectivity index (χ0n) is 20.5. The zero-order chi connectivity index (χ0) is 25.8. The van der Waals surface area contributed by atoms with Gasteiger partial charge in [-0.25, -0.2) is 0 Å². The Morgan fingerprint density at radius 3 is 2.19 bits per heavy atom. The summed E-state index contributed by atoms with van der Waals surface area (Å²) in [5.41, 5.74) is 2.98. The van der Waals surface area contributed by atoms with Gasteiger partial charge in [0.05, 0.1) is 15.8 Å². The molecule has 0 spiro atoms. The van der Waals surface area contributed by atoms with E-state index < -0.39 is 6.04 Å². The molecule has 0 saturated heterocycles. The van der Waals surface area contributed by atoms with Crippen LogP contribution < -0.4 is 5.32 Å². The number of amides is 2. The number of carbonyl (C=O) groups is 2. The molecule has 190 valence electrons. The van der Waals surface area contributed by atoms with Crippen molar-refractivity contribution < 1.29 is 9.59 Å². The van der Waals surface area contributed by atoms with E-state index in [1.165, 1.54) is 0 Å². The summed E-state index contributed by atoms with van der Waals surface area (Å²) in [5.74, 6) is 0.755. The standard InChI is InChI=1S/C29H32Cl2N2O2S/c1-2-3-16-32-29(35)27(18-22-10-6-4-7-11-22)33(19-24-14-15-25(30)26(31)17-24)28(34)21-36-20-23-12-8-5-9-13-23/h4-15,17,27H,2-3,16,18-21H2,1H3,(H,32,35)/t27-/m1/s1. The van der Waals surface area contributed by atoms with Crippen LogP contribution in [0.25, 0.3) is 0 Å². The molecule has 3 aromatic carbocycles. The Hall–Kier alpha value is -2.47. The van der Waals surface area contributed by atoms with Crippen LogP contribution >= 0.6 is 35.0 Å². The molecule has 0 bridgehead atoms. The quantitative estimate of drug-likeness (QED) is 0.242. The minimum atomic E-state index is -0.650. The van der Waals surface area contributed by atoms with Crippen LogP contribution in [-0.2, 0) is 28.3 Å². The molecule has 0 saturated carbocycles. The van der Waals surface area contributed by atoms with Crippen LogP contribution in [0.4, 0.5) is 0 Å². The number of rotatable bonds is 13. The van der Waals surface area contributed by atoms with E-state index in [0.717, 1.165) is 35.3 Å². The molecule has 2 amide bonds. The summed E-state index contributed by atoms with van der Waals surface area (Å²) in [6.45, 7) is 2.93. The average Bonchev–Trinajstić information content (AvgIpc) is 2.89. The maximum Gasteiger partial charge on any atom is 0.243 e. The second-order valence-corrected chi connectivity index (χ2v) is 10.4. The molecule has 1 N–H and O–H groups in total. The second kappa shape index (κ2) is 14.9. The lowest BCUT2D eigenvalue weighted by Crippen LogP contribution is -2.51. The highest BCUT2D eigenvalue weighted by Crippen LogP contribution is 2.25. The van der Waals surface area contributed by atoms with Crippen molar-refractivity contribution in [3.63, 3.8) is 0 Å². The molecule has 4 nitrogen and oxygen atoms in total. The first-order valence-corrected chi connectivity index (χ1v) is 14.1. The number of nitrogens with zero attached hydrogens (tertiary/aromatic N) is 1.